The van der Waals surface area contributed by atoms with Gasteiger partial charge in [0.25, 0.3) is 11.8 Å². The first-order chi connectivity index (χ1) is 15.9. The highest BCUT2D eigenvalue weighted by atomic mass is 16.2. The van der Waals surface area contributed by atoms with Crippen LogP contribution in [0.2, 0.25) is 0 Å². The van der Waals surface area contributed by atoms with E-state index in [0.717, 1.165) is 17.7 Å². The van der Waals surface area contributed by atoms with Gasteiger partial charge < -0.3 is 16.0 Å². The maximum absolute atomic E-state index is 12.9. The first-order valence-corrected chi connectivity index (χ1v) is 10.7. The molecule has 166 valence electrons. The lowest BCUT2D eigenvalue weighted by atomic mass is 10.1. The maximum Gasteiger partial charge on any atom is 0.268 e. The Bertz CT molecular complexity index is 1230. The van der Waals surface area contributed by atoms with Gasteiger partial charge in [-0.15, -0.1) is 0 Å². The predicted octanol–water partition coefficient (Wildman–Crippen LogP) is 3.90. The quantitative estimate of drug-likeness (QED) is 0.400. The number of amides is 2. The third-order valence-electron chi connectivity index (χ3n) is 5.55. The lowest BCUT2D eigenvalue weighted by Gasteiger charge is -2.21. The highest BCUT2D eigenvalue weighted by Gasteiger charge is 2.22. The molecule has 7 nitrogen and oxygen atoms in total. The molecule has 0 aliphatic carbocycles. The second-order valence-corrected chi connectivity index (χ2v) is 7.95. The van der Waals surface area contributed by atoms with Crippen molar-refractivity contribution in [1.82, 2.24) is 4.90 Å². The summed E-state index contributed by atoms with van der Waals surface area (Å²) in [7, 11) is 0. The molecule has 0 radical (unpaired) electrons. The normalized spacial score (nSPS) is 13.1. The van der Waals surface area contributed by atoms with Crippen molar-refractivity contribution in [1.29, 1.82) is 5.41 Å². The number of benzene rings is 3. The lowest BCUT2D eigenvalue weighted by Crippen LogP contribution is -2.35. The highest BCUT2D eigenvalue weighted by molar-refractivity contribution is 6.38. The molecule has 0 bridgehead atoms. The van der Waals surface area contributed by atoms with Gasteiger partial charge in [-0.1, -0.05) is 42.5 Å². The minimum Gasteiger partial charge on any atom is -0.384 e. The molecule has 4 rings (SSSR count). The number of amidine groups is 1. The SMILES string of the molecule is CC1=Nc2ccc(NC(=O)c3ccc(C(=N)N)cc3)cc2CN(CCc2ccccc2)C1=O. The number of anilines is 1. The van der Waals surface area contributed by atoms with E-state index in [9.17, 15) is 9.59 Å². The largest absolute Gasteiger partial charge is 0.384 e. The van der Waals surface area contributed by atoms with Gasteiger partial charge >= 0.3 is 0 Å². The Morgan fingerprint density at radius 1 is 1.06 bits per heavy atom. The second kappa shape index (κ2) is 9.48. The first kappa shape index (κ1) is 22.0. The van der Waals surface area contributed by atoms with E-state index in [0.29, 0.717) is 35.6 Å². The van der Waals surface area contributed by atoms with E-state index in [4.69, 9.17) is 11.1 Å². The van der Waals surface area contributed by atoms with Gasteiger partial charge in [0.1, 0.15) is 11.5 Å². The molecule has 2 amide bonds. The first-order valence-electron chi connectivity index (χ1n) is 10.7. The van der Waals surface area contributed by atoms with Crippen LogP contribution in [0.3, 0.4) is 0 Å². The molecule has 3 aromatic rings. The van der Waals surface area contributed by atoms with Crippen LogP contribution < -0.4 is 11.1 Å². The number of aliphatic imine (C=N–C) groups is 1. The highest BCUT2D eigenvalue weighted by Crippen LogP contribution is 2.28. The Morgan fingerprint density at radius 2 is 1.76 bits per heavy atom. The summed E-state index contributed by atoms with van der Waals surface area (Å²) in [6.45, 7) is 2.72. The molecule has 4 N–H and O–H groups in total. The fourth-order valence-electron chi connectivity index (χ4n) is 3.73. The third-order valence-corrected chi connectivity index (χ3v) is 5.55. The van der Waals surface area contributed by atoms with Crippen LogP contribution in [0.4, 0.5) is 11.4 Å². The van der Waals surface area contributed by atoms with Crippen molar-refractivity contribution < 1.29 is 9.59 Å². The Morgan fingerprint density at radius 3 is 2.45 bits per heavy atom. The predicted molar refractivity (Wildman–Crippen MR) is 130 cm³/mol. The van der Waals surface area contributed by atoms with Crippen LogP contribution in [-0.2, 0) is 17.8 Å². The minimum absolute atomic E-state index is 0.0464. The Kier molecular flexibility index (Phi) is 6.31. The number of rotatable bonds is 6. The van der Waals surface area contributed by atoms with Crippen molar-refractivity contribution in [2.45, 2.75) is 19.9 Å². The molecule has 3 aromatic carbocycles. The molecule has 0 aromatic heterocycles. The average Bonchev–Trinajstić information content (AvgIpc) is 2.94. The number of carbonyl (C=O) groups is 2. The average molecular weight is 440 g/mol. The summed E-state index contributed by atoms with van der Waals surface area (Å²) in [5.41, 5.74) is 10.3. The summed E-state index contributed by atoms with van der Waals surface area (Å²) in [5, 5.41) is 10.4. The molecule has 0 saturated heterocycles. The van der Waals surface area contributed by atoms with Gasteiger partial charge in [-0.05, 0) is 54.8 Å². The number of hydrogen-bond acceptors (Lipinski definition) is 4. The zero-order chi connectivity index (χ0) is 23.4. The van der Waals surface area contributed by atoms with E-state index in [2.05, 4.69) is 10.3 Å². The summed E-state index contributed by atoms with van der Waals surface area (Å²) < 4.78 is 0. The number of nitrogen functional groups attached to an aromatic ring is 1. The van der Waals surface area contributed by atoms with Gasteiger partial charge in [0.05, 0.1) is 5.69 Å². The van der Waals surface area contributed by atoms with Crippen LogP contribution in [-0.4, -0.2) is 34.8 Å². The van der Waals surface area contributed by atoms with Gasteiger partial charge in [0, 0.05) is 29.9 Å². The molecule has 0 saturated carbocycles. The topological polar surface area (TPSA) is 112 Å². The Labute approximate surface area is 192 Å². The van der Waals surface area contributed by atoms with Crippen molar-refractivity contribution in [3.8, 4) is 0 Å². The molecular formula is C26H25N5O2. The van der Waals surface area contributed by atoms with E-state index >= 15 is 0 Å². The molecule has 7 heteroatoms. The third kappa shape index (κ3) is 5.15. The van der Waals surface area contributed by atoms with Gasteiger partial charge in [-0.3, -0.25) is 15.0 Å². The number of nitrogens with one attached hydrogen (secondary N) is 2. The van der Waals surface area contributed by atoms with Gasteiger partial charge in [-0.2, -0.15) is 0 Å². The zero-order valence-corrected chi connectivity index (χ0v) is 18.3. The lowest BCUT2D eigenvalue weighted by molar-refractivity contribution is -0.124. The zero-order valence-electron chi connectivity index (χ0n) is 18.3. The van der Waals surface area contributed by atoms with Crippen LogP contribution in [0, 0.1) is 5.41 Å². The summed E-state index contributed by atoms with van der Waals surface area (Å²) in [6, 6.07) is 22.1. The number of fused-ring (bicyclic) bond motifs is 1. The van der Waals surface area contributed by atoms with E-state index < -0.39 is 0 Å². The standard InChI is InChI=1S/C26H25N5O2/c1-17-26(33)31(14-13-18-5-3-2-4-6-18)16-21-15-22(11-12-23(21)29-17)30-25(32)20-9-7-19(8-10-20)24(27)28/h2-12,15H,13-14,16H2,1H3,(H3,27,28)(H,30,32). The number of hydrogen-bond donors (Lipinski definition) is 3. The summed E-state index contributed by atoms with van der Waals surface area (Å²) in [6.07, 6.45) is 0.752. The number of carbonyl (C=O) groups excluding carboxylic acids is 2. The van der Waals surface area contributed by atoms with Crippen LogP contribution in [0.15, 0.2) is 77.8 Å². The molecular weight excluding hydrogens is 414 g/mol. The second-order valence-electron chi connectivity index (χ2n) is 7.95. The molecule has 0 unspecified atom stereocenters. The minimum atomic E-state index is -0.268. The van der Waals surface area contributed by atoms with E-state index in [1.54, 1.807) is 42.2 Å². The molecule has 33 heavy (non-hydrogen) atoms. The fraction of sp³-hybridized carbons (Fsp3) is 0.154. The Balaban J connectivity index is 1.51. The summed E-state index contributed by atoms with van der Waals surface area (Å²) in [4.78, 5) is 31.8. The molecule has 0 atom stereocenters. The molecule has 1 heterocycles. The number of nitrogens with two attached hydrogens (primary N) is 1. The summed E-state index contributed by atoms with van der Waals surface area (Å²) >= 11 is 0. The summed E-state index contributed by atoms with van der Waals surface area (Å²) in [5.74, 6) is -0.399. The van der Waals surface area contributed by atoms with Crippen LogP contribution in [0.1, 0.15) is 34.0 Å². The molecule has 1 aliphatic heterocycles. The van der Waals surface area contributed by atoms with Crippen molar-refractivity contribution in [2.24, 2.45) is 10.7 Å². The smallest absolute Gasteiger partial charge is 0.268 e. The van der Waals surface area contributed by atoms with Gasteiger partial charge in [-0.25, -0.2) is 4.99 Å². The monoisotopic (exact) mass is 439 g/mol. The fourth-order valence-corrected chi connectivity index (χ4v) is 3.73. The molecule has 1 aliphatic rings. The van der Waals surface area contributed by atoms with Crippen LogP contribution in [0.5, 0.6) is 0 Å². The van der Waals surface area contributed by atoms with Crippen LogP contribution in [0.25, 0.3) is 0 Å². The van der Waals surface area contributed by atoms with Crippen molar-refractivity contribution >= 4 is 34.7 Å². The molecule has 0 spiro atoms. The van der Waals surface area contributed by atoms with Gasteiger partial charge in [0.15, 0.2) is 0 Å². The number of nitrogens with zero attached hydrogens (tertiary/aromatic N) is 2. The Hall–Kier alpha value is -4.26. The molecule has 0 fully saturated rings. The van der Waals surface area contributed by atoms with E-state index in [1.807, 2.05) is 42.5 Å². The van der Waals surface area contributed by atoms with Crippen LogP contribution >= 0.6 is 0 Å². The van der Waals surface area contributed by atoms with Gasteiger partial charge in [0.2, 0.25) is 0 Å². The van der Waals surface area contributed by atoms with E-state index in [-0.39, 0.29) is 17.6 Å². The van der Waals surface area contributed by atoms with E-state index in [1.165, 1.54) is 5.56 Å². The van der Waals surface area contributed by atoms with Crippen molar-refractivity contribution in [3.05, 3.63) is 95.1 Å². The van der Waals surface area contributed by atoms with Crippen molar-refractivity contribution in [2.75, 3.05) is 11.9 Å². The van der Waals surface area contributed by atoms with Crippen molar-refractivity contribution in [3.63, 3.8) is 0 Å². The maximum atomic E-state index is 12.9.